The second-order valence-corrected chi connectivity index (χ2v) is 4.89. The van der Waals surface area contributed by atoms with Gasteiger partial charge in [0.05, 0.1) is 6.07 Å². The number of nitriles is 1. The van der Waals surface area contributed by atoms with E-state index < -0.39 is 0 Å². The van der Waals surface area contributed by atoms with Gasteiger partial charge in [-0.3, -0.25) is 4.79 Å². The Bertz CT molecular complexity index is 472. The lowest BCUT2D eigenvalue weighted by Crippen LogP contribution is -2.41. The first-order valence-electron chi connectivity index (χ1n) is 6.66. The Morgan fingerprint density at radius 2 is 1.89 bits per heavy atom. The van der Waals surface area contributed by atoms with Crippen LogP contribution in [0, 0.1) is 17.1 Å². The second-order valence-electron chi connectivity index (χ2n) is 4.89. The number of nitrogens with zero attached hydrogens (tertiary/aromatic N) is 2. The van der Waals surface area contributed by atoms with Crippen molar-refractivity contribution in [3.05, 3.63) is 35.6 Å². The van der Waals surface area contributed by atoms with Crippen LogP contribution in [0.15, 0.2) is 24.3 Å². The molecule has 0 N–H and O–H groups in total. The van der Waals surface area contributed by atoms with Gasteiger partial charge in [-0.05, 0) is 37.1 Å². The van der Waals surface area contributed by atoms with Crippen molar-refractivity contribution in [3.8, 4) is 6.07 Å². The molecule has 1 saturated carbocycles. The Kier molecular flexibility index (Phi) is 4.51. The van der Waals surface area contributed by atoms with Crippen LogP contribution in [0.1, 0.15) is 42.5 Å². The van der Waals surface area contributed by atoms with Gasteiger partial charge < -0.3 is 4.90 Å². The molecule has 1 fully saturated rings. The minimum absolute atomic E-state index is 0.0981. The van der Waals surface area contributed by atoms with Gasteiger partial charge in [-0.1, -0.05) is 19.3 Å². The lowest BCUT2D eigenvalue weighted by molar-refractivity contribution is 0.0666. The van der Waals surface area contributed by atoms with E-state index in [4.69, 9.17) is 5.26 Å². The Balaban J connectivity index is 2.16. The van der Waals surface area contributed by atoms with Crippen LogP contribution in [0.25, 0.3) is 0 Å². The van der Waals surface area contributed by atoms with Crippen LogP contribution >= 0.6 is 0 Å². The zero-order valence-corrected chi connectivity index (χ0v) is 10.8. The molecule has 2 rings (SSSR count). The fourth-order valence-electron chi connectivity index (χ4n) is 2.59. The third-order valence-electron chi connectivity index (χ3n) is 3.61. The van der Waals surface area contributed by atoms with Gasteiger partial charge in [0.1, 0.15) is 12.4 Å². The molecular weight excluding hydrogens is 243 g/mol. The first kappa shape index (κ1) is 13.5. The standard InChI is InChI=1S/C15H17FN2O/c16-13-8-6-12(7-9-13)15(19)18(11-10-17)14-4-2-1-3-5-14/h6-9,14H,1-5,11H2. The normalized spacial score (nSPS) is 15.8. The molecule has 3 nitrogen and oxygen atoms in total. The van der Waals surface area contributed by atoms with E-state index in [9.17, 15) is 9.18 Å². The fraction of sp³-hybridized carbons (Fsp3) is 0.467. The molecule has 0 spiro atoms. The smallest absolute Gasteiger partial charge is 0.254 e. The van der Waals surface area contributed by atoms with Gasteiger partial charge in [-0.25, -0.2) is 4.39 Å². The number of carbonyl (C=O) groups excluding carboxylic acids is 1. The lowest BCUT2D eigenvalue weighted by Gasteiger charge is -2.32. The van der Waals surface area contributed by atoms with Crippen molar-refractivity contribution in [2.75, 3.05) is 6.54 Å². The maximum Gasteiger partial charge on any atom is 0.254 e. The molecule has 0 radical (unpaired) electrons. The fourth-order valence-corrected chi connectivity index (χ4v) is 2.59. The van der Waals surface area contributed by atoms with Gasteiger partial charge in [0, 0.05) is 11.6 Å². The summed E-state index contributed by atoms with van der Waals surface area (Å²) in [5.74, 6) is -0.533. The van der Waals surface area contributed by atoms with E-state index in [1.54, 1.807) is 4.90 Å². The zero-order chi connectivity index (χ0) is 13.7. The molecule has 0 aromatic heterocycles. The van der Waals surface area contributed by atoms with Gasteiger partial charge in [0.15, 0.2) is 0 Å². The van der Waals surface area contributed by atoms with Crippen molar-refractivity contribution in [1.29, 1.82) is 5.26 Å². The number of carbonyl (C=O) groups is 1. The van der Waals surface area contributed by atoms with Gasteiger partial charge >= 0.3 is 0 Å². The SMILES string of the molecule is N#CCN(C(=O)c1ccc(F)cc1)C1CCCCC1. The highest BCUT2D eigenvalue weighted by Gasteiger charge is 2.25. The third-order valence-corrected chi connectivity index (χ3v) is 3.61. The first-order chi connectivity index (χ1) is 9.22. The maximum absolute atomic E-state index is 12.9. The summed E-state index contributed by atoms with van der Waals surface area (Å²) in [7, 11) is 0. The minimum Gasteiger partial charge on any atom is -0.322 e. The summed E-state index contributed by atoms with van der Waals surface area (Å²) in [5.41, 5.74) is 0.447. The van der Waals surface area contributed by atoms with E-state index >= 15 is 0 Å². The van der Waals surface area contributed by atoms with Crippen LogP contribution < -0.4 is 0 Å². The average Bonchev–Trinajstić information content (AvgIpc) is 2.46. The van der Waals surface area contributed by atoms with Crippen molar-refractivity contribution in [2.45, 2.75) is 38.1 Å². The summed E-state index contributed by atoms with van der Waals surface area (Å²) < 4.78 is 12.9. The molecule has 100 valence electrons. The third kappa shape index (κ3) is 3.31. The van der Waals surface area contributed by atoms with E-state index in [-0.39, 0.29) is 24.3 Å². The van der Waals surface area contributed by atoms with Gasteiger partial charge in [0.25, 0.3) is 5.91 Å². The molecule has 1 aromatic rings. The van der Waals surface area contributed by atoms with Crippen molar-refractivity contribution in [3.63, 3.8) is 0 Å². The quantitative estimate of drug-likeness (QED) is 0.784. The molecule has 1 aliphatic carbocycles. The largest absolute Gasteiger partial charge is 0.322 e. The summed E-state index contributed by atoms with van der Waals surface area (Å²) in [4.78, 5) is 14.0. The Morgan fingerprint density at radius 3 is 2.47 bits per heavy atom. The number of benzene rings is 1. The van der Waals surface area contributed by atoms with Crippen LogP contribution in [-0.2, 0) is 0 Å². The first-order valence-corrected chi connectivity index (χ1v) is 6.66. The van der Waals surface area contributed by atoms with E-state index in [1.165, 1.54) is 30.7 Å². The molecule has 1 amide bonds. The molecule has 0 heterocycles. The predicted molar refractivity (Wildman–Crippen MR) is 69.9 cm³/mol. The van der Waals surface area contributed by atoms with Crippen LogP contribution in [0.3, 0.4) is 0 Å². The van der Waals surface area contributed by atoms with E-state index in [0.717, 1.165) is 25.7 Å². The van der Waals surface area contributed by atoms with Crippen LogP contribution in [0.5, 0.6) is 0 Å². The van der Waals surface area contributed by atoms with Gasteiger partial charge in [-0.15, -0.1) is 0 Å². The Labute approximate surface area is 112 Å². The summed E-state index contributed by atoms with van der Waals surface area (Å²) in [6.07, 6.45) is 5.30. The second kappa shape index (κ2) is 6.33. The molecule has 0 aliphatic heterocycles. The van der Waals surface area contributed by atoms with Crippen molar-refractivity contribution < 1.29 is 9.18 Å². The van der Waals surface area contributed by atoms with E-state index in [2.05, 4.69) is 6.07 Å². The number of halogens is 1. The number of amides is 1. The van der Waals surface area contributed by atoms with Crippen molar-refractivity contribution >= 4 is 5.91 Å². The molecule has 0 saturated heterocycles. The highest BCUT2D eigenvalue weighted by Crippen LogP contribution is 2.23. The summed E-state index contributed by atoms with van der Waals surface area (Å²) in [5, 5.41) is 8.90. The molecule has 0 unspecified atom stereocenters. The zero-order valence-electron chi connectivity index (χ0n) is 10.8. The van der Waals surface area contributed by atoms with Crippen LogP contribution in [-0.4, -0.2) is 23.4 Å². The van der Waals surface area contributed by atoms with Crippen LogP contribution in [0.4, 0.5) is 4.39 Å². The molecule has 1 aromatic carbocycles. The lowest BCUT2D eigenvalue weighted by atomic mass is 9.93. The number of hydrogen-bond acceptors (Lipinski definition) is 2. The Morgan fingerprint density at radius 1 is 1.26 bits per heavy atom. The molecule has 19 heavy (non-hydrogen) atoms. The topological polar surface area (TPSA) is 44.1 Å². The number of rotatable bonds is 3. The van der Waals surface area contributed by atoms with Crippen molar-refractivity contribution in [2.24, 2.45) is 0 Å². The highest BCUT2D eigenvalue weighted by molar-refractivity contribution is 5.94. The summed E-state index contributed by atoms with van der Waals surface area (Å²) in [6.45, 7) is 0.0981. The summed E-state index contributed by atoms with van der Waals surface area (Å²) >= 11 is 0. The van der Waals surface area contributed by atoms with Crippen molar-refractivity contribution in [1.82, 2.24) is 4.90 Å². The molecular formula is C15H17FN2O. The molecule has 0 bridgehead atoms. The average molecular weight is 260 g/mol. The van der Waals surface area contributed by atoms with Gasteiger partial charge in [0.2, 0.25) is 0 Å². The highest BCUT2D eigenvalue weighted by atomic mass is 19.1. The summed E-state index contributed by atoms with van der Waals surface area (Å²) in [6, 6.07) is 7.71. The molecule has 4 heteroatoms. The molecule has 1 aliphatic rings. The van der Waals surface area contributed by atoms with E-state index in [1.807, 2.05) is 0 Å². The van der Waals surface area contributed by atoms with Gasteiger partial charge in [-0.2, -0.15) is 5.26 Å². The van der Waals surface area contributed by atoms with E-state index in [0.29, 0.717) is 5.56 Å². The maximum atomic E-state index is 12.9. The monoisotopic (exact) mass is 260 g/mol. The minimum atomic E-state index is -0.360. The van der Waals surface area contributed by atoms with Crippen LogP contribution in [0.2, 0.25) is 0 Å². The molecule has 0 atom stereocenters. The predicted octanol–water partition coefficient (Wildman–Crippen LogP) is 3.12. The Hall–Kier alpha value is -1.89. The number of hydrogen-bond donors (Lipinski definition) is 0.